The lowest BCUT2D eigenvalue weighted by molar-refractivity contribution is 0.678. The Morgan fingerprint density at radius 1 is 1.22 bits per heavy atom. The summed E-state index contributed by atoms with van der Waals surface area (Å²) >= 11 is 0. The van der Waals surface area contributed by atoms with E-state index in [9.17, 15) is 0 Å². The summed E-state index contributed by atoms with van der Waals surface area (Å²) in [5.41, 5.74) is 0.998. The number of para-hydroxylation sites is 1. The Kier molecular flexibility index (Phi) is 3.78. The molecule has 0 saturated heterocycles. The number of aromatic nitrogens is 1. The summed E-state index contributed by atoms with van der Waals surface area (Å²) in [5, 5.41) is 9.86. The molecule has 0 aliphatic heterocycles. The van der Waals surface area contributed by atoms with Crippen molar-refractivity contribution in [2.75, 3.05) is 11.4 Å². The van der Waals surface area contributed by atoms with Crippen LogP contribution in [0.3, 0.4) is 0 Å². The standard InChI is InChI=1S/C15H17N3/c1-12(2)18(11-5-10-16)15-9-8-13-6-3-4-7-14(13)17-15/h3-4,6-9,12H,5,11H2,1-2H3. The molecule has 0 atom stereocenters. The highest BCUT2D eigenvalue weighted by atomic mass is 15.2. The number of hydrogen-bond donors (Lipinski definition) is 0. The highest BCUT2D eigenvalue weighted by Crippen LogP contribution is 2.19. The minimum Gasteiger partial charge on any atom is -0.353 e. The van der Waals surface area contributed by atoms with Crippen molar-refractivity contribution in [2.24, 2.45) is 0 Å². The van der Waals surface area contributed by atoms with Crippen LogP contribution in [0.25, 0.3) is 10.9 Å². The molecule has 3 heteroatoms. The van der Waals surface area contributed by atoms with E-state index in [1.54, 1.807) is 0 Å². The van der Waals surface area contributed by atoms with E-state index in [0.29, 0.717) is 12.5 Å². The second-order valence-corrected chi connectivity index (χ2v) is 4.56. The minimum atomic E-state index is 0.340. The van der Waals surface area contributed by atoms with E-state index in [1.165, 1.54) is 0 Å². The van der Waals surface area contributed by atoms with Crippen LogP contribution >= 0.6 is 0 Å². The van der Waals surface area contributed by atoms with Gasteiger partial charge < -0.3 is 4.90 Å². The van der Waals surface area contributed by atoms with Gasteiger partial charge in [0.1, 0.15) is 5.82 Å². The maximum absolute atomic E-state index is 8.72. The van der Waals surface area contributed by atoms with E-state index in [4.69, 9.17) is 5.26 Å². The van der Waals surface area contributed by atoms with Crippen LogP contribution < -0.4 is 4.90 Å². The van der Waals surface area contributed by atoms with Crippen LogP contribution in [-0.4, -0.2) is 17.6 Å². The second-order valence-electron chi connectivity index (χ2n) is 4.56. The fourth-order valence-electron chi connectivity index (χ4n) is 2.02. The molecule has 0 aliphatic carbocycles. The van der Waals surface area contributed by atoms with Crippen LogP contribution in [0.5, 0.6) is 0 Å². The van der Waals surface area contributed by atoms with Gasteiger partial charge in [0, 0.05) is 18.0 Å². The smallest absolute Gasteiger partial charge is 0.129 e. The zero-order chi connectivity index (χ0) is 13.0. The molecule has 2 rings (SSSR count). The van der Waals surface area contributed by atoms with Crippen molar-refractivity contribution < 1.29 is 0 Å². The molecule has 0 N–H and O–H groups in total. The molecular formula is C15H17N3. The van der Waals surface area contributed by atoms with Gasteiger partial charge in [-0.25, -0.2) is 4.98 Å². The van der Waals surface area contributed by atoms with Crippen LogP contribution in [0, 0.1) is 11.3 Å². The Morgan fingerprint density at radius 2 is 2.00 bits per heavy atom. The van der Waals surface area contributed by atoms with Gasteiger partial charge in [-0.1, -0.05) is 18.2 Å². The molecule has 0 bridgehead atoms. The van der Waals surface area contributed by atoms with Crippen molar-refractivity contribution in [1.82, 2.24) is 4.98 Å². The van der Waals surface area contributed by atoms with Gasteiger partial charge in [0.25, 0.3) is 0 Å². The van der Waals surface area contributed by atoms with Crippen molar-refractivity contribution in [2.45, 2.75) is 26.3 Å². The van der Waals surface area contributed by atoms with Crippen molar-refractivity contribution >= 4 is 16.7 Å². The second kappa shape index (κ2) is 5.50. The normalized spacial score (nSPS) is 10.6. The van der Waals surface area contributed by atoms with E-state index < -0.39 is 0 Å². The lowest BCUT2D eigenvalue weighted by Crippen LogP contribution is -2.32. The van der Waals surface area contributed by atoms with Gasteiger partial charge in [0.2, 0.25) is 0 Å². The third kappa shape index (κ3) is 2.60. The SMILES string of the molecule is CC(C)N(CCC#N)c1ccc2ccccc2n1. The molecule has 0 unspecified atom stereocenters. The number of rotatable bonds is 4. The van der Waals surface area contributed by atoms with Gasteiger partial charge in [-0.05, 0) is 32.0 Å². The minimum absolute atomic E-state index is 0.340. The maximum atomic E-state index is 8.72. The van der Waals surface area contributed by atoms with Crippen LogP contribution in [0.15, 0.2) is 36.4 Å². The van der Waals surface area contributed by atoms with Crippen LogP contribution in [0.2, 0.25) is 0 Å². The van der Waals surface area contributed by atoms with Crippen molar-refractivity contribution in [3.05, 3.63) is 36.4 Å². The first-order valence-electron chi connectivity index (χ1n) is 6.22. The van der Waals surface area contributed by atoms with Crippen LogP contribution in [-0.2, 0) is 0 Å². The Hall–Kier alpha value is -2.08. The maximum Gasteiger partial charge on any atom is 0.129 e. The molecule has 2 aromatic rings. The number of fused-ring (bicyclic) bond motifs is 1. The first-order valence-corrected chi connectivity index (χ1v) is 6.22. The zero-order valence-corrected chi connectivity index (χ0v) is 10.8. The topological polar surface area (TPSA) is 39.9 Å². The molecule has 18 heavy (non-hydrogen) atoms. The fraction of sp³-hybridized carbons (Fsp3) is 0.333. The average Bonchev–Trinajstić information content (AvgIpc) is 2.38. The van der Waals surface area contributed by atoms with Gasteiger partial charge in [0.15, 0.2) is 0 Å². The Morgan fingerprint density at radius 3 is 2.72 bits per heavy atom. The summed E-state index contributed by atoms with van der Waals surface area (Å²) < 4.78 is 0. The summed E-state index contributed by atoms with van der Waals surface area (Å²) in [4.78, 5) is 6.83. The van der Waals surface area contributed by atoms with E-state index in [2.05, 4.69) is 41.9 Å². The first-order chi connectivity index (χ1) is 8.72. The lowest BCUT2D eigenvalue weighted by atomic mass is 10.2. The number of hydrogen-bond acceptors (Lipinski definition) is 3. The first kappa shape index (κ1) is 12.4. The van der Waals surface area contributed by atoms with Crippen LogP contribution in [0.1, 0.15) is 20.3 Å². The van der Waals surface area contributed by atoms with E-state index >= 15 is 0 Å². The molecular weight excluding hydrogens is 222 g/mol. The summed E-state index contributed by atoms with van der Waals surface area (Å²) in [6.45, 7) is 4.96. The summed E-state index contributed by atoms with van der Waals surface area (Å²) in [7, 11) is 0. The number of benzene rings is 1. The third-order valence-corrected chi connectivity index (χ3v) is 2.97. The Balaban J connectivity index is 2.35. The molecule has 0 amide bonds. The zero-order valence-electron chi connectivity index (χ0n) is 10.8. The van der Waals surface area contributed by atoms with Crippen molar-refractivity contribution in [3.63, 3.8) is 0 Å². The average molecular weight is 239 g/mol. The molecule has 1 aromatic heterocycles. The molecule has 92 valence electrons. The molecule has 3 nitrogen and oxygen atoms in total. The molecule has 1 aromatic carbocycles. The molecule has 0 aliphatic rings. The lowest BCUT2D eigenvalue weighted by Gasteiger charge is -2.27. The number of pyridine rings is 1. The number of nitriles is 1. The number of anilines is 1. The predicted molar refractivity (Wildman–Crippen MR) is 74.5 cm³/mol. The Labute approximate surface area is 108 Å². The highest BCUT2D eigenvalue weighted by molar-refractivity contribution is 5.80. The number of nitrogens with zero attached hydrogens (tertiary/aromatic N) is 3. The summed E-state index contributed by atoms with van der Waals surface area (Å²) in [6.07, 6.45) is 0.521. The van der Waals surface area contributed by atoms with E-state index in [0.717, 1.165) is 23.3 Å². The van der Waals surface area contributed by atoms with E-state index in [1.807, 2.05) is 24.3 Å². The van der Waals surface area contributed by atoms with Crippen LogP contribution in [0.4, 0.5) is 5.82 Å². The van der Waals surface area contributed by atoms with Gasteiger partial charge >= 0.3 is 0 Å². The quantitative estimate of drug-likeness (QED) is 0.821. The molecule has 0 radical (unpaired) electrons. The molecule has 0 fully saturated rings. The van der Waals surface area contributed by atoms with E-state index in [-0.39, 0.29) is 0 Å². The monoisotopic (exact) mass is 239 g/mol. The third-order valence-electron chi connectivity index (χ3n) is 2.97. The molecule has 1 heterocycles. The highest BCUT2D eigenvalue weighted by Gasteiger charge is 2.11. The van der Waals surface area contributed by atoms with Gasteiger partial charge in [-0.2, -0.15) is 5.26 Å². The molecule has 0 saturated carbocycles. The summed E-state index contributed by atoms with van der Waals surface area (Å²) in [6, 6.07) is 14.7. The Bertz CT molecular complexity index is 569. The van der Waals surface area contributed by atoms with Gasteiger partial charge in [-0.15, -0.1) is 0 Å². The van der Waals surface area contributed by atoms with Crippen molar-refractivity contribution in [1.29, 1.82) is 5.26 Å². The molecule has 0 spiro atoms. The van der Waals surface area contributed by atoms with Gasteiger partial charge in [0.05, 0.1) is 18.0 Å². The van der Waals surface area contributed by atoms with Gasteiger partial charge in [-0.3, -0.25) is 0 Å². The summed E-state index contributed by atoms with van der Waals surface area (Å²) in [5.74, 6) is 0.943. The largest absolute Gasteiger partial charge is 0.353 e. The van der Waals surface area contributed by atoms with Crippen molar-refractivity contribution in [3.8, 4) is 6.07 Å². The fourth-order valence-corrected chi connectivity index (χ4v) is 2.02. The predicted octanol–water partition coefficient (Wildman–Crippen LogP) is 3.36.